The zero-order chi connectivity index (χ0) is 20.5. The van der Waals surface area contributed by atoms with Crippen LogP contribution in [-0.2, 0) is 24.8 Å². The van der Waals surface area contributed by atoms with Gasteiger partial charge in [-0.05, 0) is 50.5 Å². The molecule has 0 bridgehead atoms. The molecule has 11 heteroatoms. The van der Waals surface area contributed by atoms with E-state index in [1.807, 2.05) is 19.0 Å². The molecular formula is C17H21N3O6S2. The third kappa shape index (κ3) is 4.12. The van der Waals surface area contributed by atoms with Crippen molar-refractivity contribution >= 4 is 31.6 Å². The molecule has 28 heavy (non-hydrogen) atoms. The Morgan fingerprint density at radius 2 is 1.89 bits per heavy atom. The van der Waals surface area contributed by atoms with Crippen LogP contribution in [0.5, 0.6) is 0 Å². The van der Waals surface area contributed by atoms with Crippen LogP contribution >= 0.6 is 0 Å². The molecule has 1 amide bonds. The Morgan fingerprint density at radius 1 is 1.21 bits per heavy atom. The van der Waals surface area contributed by atoms with E-state index in [1.165, 1.54) is 30.5 Å². The van der Waals surface area contributed by atoms with Gasteiger partial charge in [0, 0.05) is 13.0 Å². The zero-order valence-corrected chi connectivity index (χ0v) is 17.0. The first-order chi connectivity index (χ1) is 13.1. The highest BCUT2D eigenvalue weighted by Crippen LogP contribution is 2.26. The SMILES string of the molecule is CN(C)[C@@H](CNS(=O)(=O)c1ccc(N2C(=O)CCS2(=O)=O)cc1)c1ccco1. The number of anilines is 1. The first-order valence-corrected chi connectivity index (χ1v) is 11.6. The average Bonchev–Trinajstić information content (AvgIpc) is 3.23. The number of furan rings is 1. The second-order valence-corrected chi connectivity index (χ2v) is 10.3. The lowest BCUT2D eigenvalue weighted by Crippen LogP contribution is -2.34. The van der Waals surface area contributed by atoms with Gasteiger partial charge in [-0.3, -0.25) is 9.69 Å². The van der Waals surface area contributed by atoms with Gasteiger partial charge in [0.2, 0.25) is 26.0 Å². The molecule has 1 atom stereocenters. The van der Waals surface area contributed by atoms with E-state index in [9.17, 15) is 21.6 Å². The third-order valence-electron chi connectivity index (χ3n) is 4.42. The molecule has 0 aliphatic carbocycles. The van der Waals surface area contributed by atoms with E-state index in [2.05, 4.69) is 4.72 Å². The van der Waals surface area contributed by atoms with Gasteiger partial charge in [0.1, 0.15) is 5.76 Å². The number of carbonyl (C=O) groups excluding carboxylic acids is 1. The Bertz CT molecular complexity index is 1040. The van der Waals surface area contributed by atoms with E-state index in [4.69, 9.17) is 4.42 Å². The van der Waals surface area contributed by atoms with Gasteiger partial charge in [-0.1, -0.05) is 0 Å². The summed E-state index contributed by atoms with van der Waals surface area (Å²) in [7, 11) is -3.91. The topological polar surface area (TPSA) is 117 Å². The van der Waals surface area contributed by atoms with Crippen LogP contribution in [0.4, 0.5) is 5.69 Å². The minimum absolute atomic E-state index is 0.0303. The number of amides is 1. The summed E-state index contributed by atoms with van der Waals surface area (Å²) >= 11 is 0. The normalized spacial score (nSPS) is 18.0. The van der Waals surface area contributed by atoms with Gasteiger partial charge in [-0.15, -0.1) is 0 Å². The number of nitrogens with zero attached hydrogens (tertiary/aromatic N) is 2. The standard InChI is InChI=1S/C17H21N3O6S2/c1-19(2)15(16-4-3-10-26-16)12-18-28(24,25)14-7-5-13(6-8-14)20-17(21)9-11-27(20,22)23/h3-8,10,15,18H,9,11-12H2,1-2H3/t15-/m0/s1. The lowest BCUT2D eigenvalue weighted by Gasteiger charge is -2.22. The number of likely N-dealkylation sites (N-methyl/N-ethyl adjacent to an activating group) is 1. The highest BCUT2D eigenvalue weighted by Gasteiger charge is 2.36. The Morgan fingerprint density at radius 3 is 2.39 bits per heavy atom. The van der Waals surface area contributed by atoms with Gasteiger partial charge in [0.15, 0.2) is 0 Å². The van der Waals surface area contributed by atoms with Gasteiger partial charge >= 0.3 is 0 Å². The second-order valence-electron chi connectivity index (χ2n) is 6.56. The molecule has 1 aliphatic heterocycles. The molecule has 1 saturated heterocycles. The fourth-order valence-corrected chi connectivity index (χ4v) is 5.42. The lowest BCUT2D eigenvalue weighted by molar-refractivity contribution is -0.116. The van der Waals surface area contributed by atoms with Crippen LogP contribution in [0.25, 0.3) is 0 Å². The Kier molecular flexibility index (Phi) is 5.62. The van der Waals surface area contributed by atoms with Crippen molar-refractivity contribution in [3.63, 3.8) is 0 Å². The maximum atomic E-state index is 12.6. The highest BCUT2D eigenvalue weighted by atomic mass is 32.2. The van der Waals surface area contributed by atoms with Gasteiger partial charge in [0.05, 0.1) is 28.6 Å². The van der Waals surface area contributed by atoms with Gasteiger partial charge in [-0.25, -0.2) is 25.9 Å². The smallest absolute Gasteiger partial charge is 0.242 e. The molecule has 1 fully saturated rings. The minimum Gasteiger partial charge on any atom is -0.468 e. The summed E-state index contributed by atoms with van der Waals surface area (Å²) in [6.07, 6.45) is 1.44. The minimum atomic E-state index is -3.83. The molecule has 1 aromatic carbocycles. The van der Waals surface area contributed by atoms with Crippen LogP contribution in [0.2, 0.25) is 0 Å². The van der Waals surface area contributed by atoms with Crippen molar-refractivity contribution in [2.75, 3.05) is 30.7 Å². The van der Waals surface area contributed by atoms with Crippen LogP contribution < -0.4 is 9.03 Å². The van der Waals surface area contributed by atoms with E-state index >= 15 is 0 Å². The van der Waals surface area contributed by atoms with E-state index < -0.39 is 26.0 Å². The first kappa shape index (κ1) is 20.5. The van der Waals surface area contributed by atoms with E-state index in [1.54, 1.807) is 12.1 Å². The van der Waals surface area contributed by atoms with Crippen LogP contribution in [0.15, 0.2) is 52.0 Å². The molecule has 1 N–H and O–H groups in total. The van der Waals surface area contributed by atoms with Crippen molar-refractivity contribution < 1.29 is 26.0 Å². The van der Waals surface area contributed by atoms with Crippen molar-refractivity contribution in [2.45, 2.75) is 17.4 Å². The van der Waals surface area contributed by atoms with Crippen molar-refractivity contribution in [1.29, 1.82) is 0 Å². The summed E-state index contributed by atoms with van der Waals surface area (Å²) in [6, 6.07) is 8.37. The summed E-state index contributed by atoms with van der Waals surface area (Å²) < 4.78 is 57.7. The maximum Gasteiger partial charge on any atom is 0.242 e. The number of hydrogen-bond acceptors (Lipinski definition) is 7. The van der Waals surface area contributed by atoms with E-state index in [-0.39, 0.29) is 35.3 Å². The molecule has 3 rings (SSSR count). The second kappa shape index (κ2) is 7.66. The lowest BCUT2D eigenvalue weighted by atomic mass is 10.2. The Balaban J connectivity index is 1.76. The van der Waals surface area contributed by atoms with Gasteiger partial charge in [0.25, 0.3) is 0 Å². The molecule has 1 aliphatic rings. The molecule has 2 heterocycles. The van der Waals surface area contributed by atoms with Crippen molar-refractivity contribution in [3.05, 3.63) is 48.4 Å². The molecule has 1 aromatic heterocycles. The summed E-state index contributed by atoms with van der Waals surface area (Å²) in [5.41, 5.74) is 0.128. The number of nitrogens with one attached hydrogen (secondary N) is 1. The number of carbonyl (C=O) groups is 1. The number of benzene rings is 1. The van der Waals surface area contributed by atoms with E-state index in [0.29, 0.717) is 5.76 Å². The van der Waals surface area contributed by atoms with Crippen LogP contribution in [-0.4, -0.2) is 54.0 Å². The van der Waals surface area contributed by atoms with Crippen LogP contribution in [0.1, 0.15) is 18.2 Å². The predicted molar refractivity (Wildman–Crippen MR) is 103 cm³/mol. The summed E-state index contributed by atoms with van der Waals surface area (Å²) in [6.45, 7) is 0.0869. The van der Waals surface area contributed by atoms with Gasteiger partial charge in [-0.2, -0.15) is 0 Å². The fourth-order valence-electron chi connectivity index (χ4n) is 2.92. The molecule has 152 valence electrons. The molecule has 9 nitrogen and oxygen atoms in total. The van der Waals surface area contributed by atoms with Crippen LogP contribution in [0.3, 0.4) is 0 Å². The molecule has 0 unspecified atom stereocenters. The number of rotatable bonds is 7. The molecule has 0 spiro atoms. The number of hydrogen-bond donors (Lipinski definition) is 1. The quantitative estimate of drug-likeness (QED) is 0.698. The summed E-state index contributed by atoms with van der Waals surface area (Å²) in [5.74, 6) is -0.145. The fraction of sp³-hybridized carbons (Fsp3) is 0.353. The predicted octanol–water partition coefficient (Wildman–Crippen LogP) is 0.927. The largest absolute Gasteiger partial charge is 0.468 e. The van der Waals surface area contributed by atoms with Crippen molar-refractivity contribution in [2.24, 2.45) is 0 Å². The summed E-state index contributed by atoms with van der Waals surface area (Å²) in [4.78, 5) is 13.6. The molecule has 0 saturated carbocycles. The number of sulfonamides is 2. The van der Waals surface area contributed by atoms with E-state index in [0.717, 1.165) is 4.31 Å². The monoisotopic (exact) mass is 427 g/mol. The molecule has 2 aromatic rings. The first-order valence-electron chi connectivity index (χ1n) is 8.47. The maximum absolute atomic E-state index is 12.6. The average molecular weight is 428 g/mol. The van der Waals surface area contributed by atoms with Crippen LogP contribution in [0, 0.1) is 0 Å². The van der Waals surface area contributed by atoms with Crippen molar-refractivity contribution in [1.82, 2.24) is 9.62 Å². The van der Waals surface area contributed by atoms with Crippen molar-refractivity contribution in [3.8, 4) is 0 Å². The molecule has 0 radical (unpaired) electrons. The third-order valence-corrected chi connectivity index (χ3v) is 7.55. The molecular weight excluding hydrogens is 406 g/mol. The zero-order valence-electron chi connectivity index (χ0n) is 15.4. The van der Waals surface area contributed by atoms with Gasteiger partial charge < -0.3 is 4.42 Å². The summed E-state index contributed by atoms with van der Waals surface area (Å²) in [5, 5.41) is 0. The Labute approximate surface area is 164 Å². The Hall–Kier alpha value is -2.21. The highest BCUT2D eigenvalue weighted by molar-refractivity contribution is 7.94.